The average Bonchev–Trinajstić information content (AvgIpc) is 3.03. The van der Waals surface area contributed by atoms with Crippen molar-refractivity contribution in [2.45, 2.75) is 6.92 Å². The van der Waals surface area contributed by atoms with E-state index in [9.17, 15) is 4.79 Å². The molecule has 0 bridgehead atoms. The molecule has 25 heavy (non-hydrogen) atoms. The van der Waals surface area contributed by atoms with Crippen molar-refractivity contribution in [2.75, 3.05) is 42.9 Å². The van der Waals surface area contributed by atoms with Crippen LogP contribution in [0, 0.1) is 6.92 Å². The Hall–Kier alpha value is -2.05. The van der Waals surface area contributed by atoms with E-state index in [1.54, 1.807) is 12.1 Å². The van der Waals surface area contributed by atoms with Crippen LogP contribution in [0.2, 0.25) is 0 Å². The Morgan fingerprint density at radius 2 is 2.04 bits per heavy atom. The number of furan rings is 1. The molecule has 0 aliphatic carbocycles. The van der Waals surface area contributed by atoms with E-state index in [4.69, 9.17) is 4.42 Å². The molecule has 132 valence electrons. The molecule has 6 heteroatoms. The summed E-state index contributed by atoms with van der Waals surface area (Å²) in [6.07, 6.45) is 1.94. The second-order valence-corrected chi connectivity index (χ2v) is 6.89. The van der Waals surface area contributed by atoms with E-state index >= 15 is 0 Å². The van der Waals surface area contributed by atoms with Crippen LogP contribution >= 0.6 is 15.9 Å². The number of carbonyl (C=O) groups excluding carboxylic acids is 1. The number of aryl methyl sites for hydroxylation is 1. The first-order valence-electron chi connectivity index (χ1n) is 8.33. The Morgan fingerprint density at radius 3 is 2.68 bits per heavy atom. The number of nitrogens with zero attached hydrogens (tertiary/aromatic N) is 2. The van der Waals surface area contributed by atoms with Gasteiger partial charge in [0.05, 0.1) is 11.4 Å². The molecule has 2 aromatic rings. The van der Waals surface area contributed by atoms with Gasteiger partial charge in [-0.05, 0) is 46.6 Å². The smallest absolute Gasteiger partial charge is 0.291 e. The summed E-state index contributed by atoms with van der Waals surface area (Å²) in [5, 5.41) is 2.99. The number of rotatable bonds is 5. The minimum absolute atomic E-state index is 0.247. The van der Waals surface area contributed by atoms with Crippen molar-refractivity contribution in [3.8, 4) is 0 Å². The monoisotopic (exact) mass is 403 g/mol. The summed E-state index contributed by atoms with van der Waals surface area (Å²) in [5.41, 5.74) is 3.05. The summed E-state index contributed by atoms with van der Waals surface area (Å²) in [6.45, 7) is 10.6. The lowest BCUT2D eigenvalue weighted by Gasteiger charge is -2.37. The number of hydrogen-bond donors (Lipinski definition) is 1. The van der Waals surface area contributed by atoms with E-state index in [2.05, 4.69) is 50.6 Å². The second-order valence-electron chi connectivity index (χ2n) is 6.11. The number of benzene rings is 1. The lowest BCUT2D eigenvalue weighted by atomic mass is 10.1. The van der Waals surface area contributed by atoms with Crippen LogP contribution in [0.5, 0.6) is 0 Å². The highest BCUT2D eigenvalue weighted by Gasteiger charge is 2.21. The van der Waals surface area contributed by atoms with Gasteiger partial charge in [-0.15, -0.1) is 6.58 Å². The van der Waals surface area contributed by atoms with Gasteiger partial charge in [0.2, 0.25) is 0 Å². The number of amides is 1. The maximum atomic E-state index is 12.4. The van der Waals surface area contributed by atoms with Crippen LogP contribution in [0.3, 0.4) is 0 Å². The van der Waals surface area contributed by atoms with Crippen LogP contribution in [-0.2, 0) is 0 Å². The lowest BCUT2D eigenvalue weighted by molar-refractivity contribution is 0.0995. The molecule has 0 unspecified atom stereocenters. The summed E-state index contributed by atoms with van der Waals surface area (Å²) >= 11 is 3.23. The third-order valence-corrected chi connectivity index (χ3v) is 4.78. The maximum absolute atomic E-state index is 12.4. The van der Waals surface area contributed by atoms with Gasteiger partial charge >= 0.3 is 0 Å². The molecule has 1 N–H and O–H groups in total. The molecule has 0 saturated carbocycles. The predicted octanol–water partition coefficient (Wildman–Crippen LogP) is 3.91. The van der Waals surface area contributed by atoms with Crippen molar-refractivity contribution in [2.24, 2.45) is 0 Å². The van der Waals surface area contributed by atoms with Crippen molar-refractivity contribution in [3.05, 3.63) is 59.0 Å². The minimum atomic E-state index is -0.247. The fourth-order valence-electron chi connectivity index (χ4n) is 3.14. The first kappa shape index (κ1) is 17.8. The third-order valence-electron chi connectivity index (χ3n) is 4.36. The van der Waals surface area contributed by atoms with Gasteiger partial charge in [0, 0.05) is 32.7 Å². The fourth-order valence-corrected chi connectivity index (χ4v) is 3.44. The standard InChI is InChI=1S/C19H22BrN3O2/c1-3-9-22-10-12-23(13-11-22)18-14(2)5-4-6-15(18)21-19(24)16-7-8-17(20)25-16/h3-8H,1,9-13H2,2H3,(H,21,24). The van der Waals surface area contributed by atoms with Gasteiger partial charge in [-0.1, -0.05) is 18.2 Å². The lowest BCUT2D eigenvalue weighted by Crippen LogP contribution is -2.46. The molecule has 0 atom stereocenters. The van der Waals surface area contributed by atoms with Crippen LogP contribution in [0.1, 0.15) is 16.1 Å². The average molecular weight is 404 g/mol. The number of para-hydroxylation sites is 1. The zero-order chi connectivity index (χ0) is 17.8. The van der Waals surface area contributed by atoms with Crippen molar-refractivity contribution >= 4 is 33.2 Å². The molecule has 3 rings (SSSR count). The van der Waals surface area contributed by atoms with Crippen LogP contribution in [-0.4, -0.2) is 43.5 Å². The van der Waals surface area contributed by atoms with Gasteiger partial charge < -0.3 is 14.6 Å². The Morgan fingerprint density at radius 1 is 1.28 bits per heavy atom. The Balaban J connectivity index is 1.78. The first-order chi connectivity index (χ1) is 12.1. The first-order valence-corrected chi connectivity index (χ1v) is 9.12. The highest BCUT2D eigenvalue weighted by Crippen LogP contribution is 2.31. The van der Waals surface area contributed by atoms with E-state index in [0.717, 1.165) is 49.7 Å². The number of anilines is 2. The highest BCUT2D eigenvalue weighted by atomic mass is 79.9. The van der Waals surface area contributed by atoms with E-state index in [0.29, 0.717) is 4.67 Å². The molecule has 1 aliphatic rings. The highest BCUT2D eigenvalue weighted by molar-refractivity contribution is 9.10. The molecular weight excluding hydrogens is 382 g/mol. The zero-order valence-corrected chi connectivity index (χ0v) is 15.9. The molecule has 1 saturated heterocycles. The zero-order valence-electron chi connectivity index (χ0n) is 14.3. The van der Waals surface area contributed by atoms with E-state index in [1.165, 1.54) is 0 Å². The Labute approximate surface area is 156 Å². The SMILES string of the molecule is C=CCN1CCN(c2c(C)cccc2NC(=O)c2ccc(Br)o2)CC1. The summed E-state index contributed by atoms with van der Waals surface area (Å²) in [7, 11) is 0. The normalized spacial score (nSPS) is 15.2. The van der Waals surface area contributed by atoms with Gasteiger partial charge in [0.1, 0.15) is 0 Å². The van der Waals surface area contributed by atoms with Crippen LogP contribution in [0.25, 0.3) is 0 Å². The van der Waals surface area contributed by atoms with Crippen LogP contribution < -0.4 is 10.2 Å². The van der Waals surface area contributed by atoms with Gasteiger partial charge in [-0.3, -0.25) is 9.69 Å². The van der Waals surface area contributed by atoms with E-state index < -0.39 is 0 Å². The van der Waals surface area contributed by atoms with Crippen molar-refractivity contribution < 1.29 is 9.21 Å². The largest absolute Gasteiger partial charge is 0.444 e. The third kappa shape index (κ3) is 4.14. The predicted molar refractivity (Wildman–Crippen MR) is 104 cm³/mol. The van der Waals surface area contributed by atoms with E-state index in [1.807, 2.05) is 18.2 Å². The number of piperazine rings is 1. The van der Waals surface area contributed by atoms with Crippen LogP contribution in [0.4, 0.5) is 11.4 Å². The quantitative estimate of drug-likeness (QED) is 0.768. The second kappa shape index (κ2) is 7.89. The molecule has 0 spiro atoms. The van der Waals surface area contributed by atoms with Crippen molar-refractivity contribution in [1.29, 1.82) is 0 Å². The van der Waals surface area contributed by atoms with Crippen molar-refractivity contribution in [3.63, 3.8) is 0 Å². The van der Waals surface area contributed by atoms with Crippen molar-refractivity contribution in [1.82, 2.24) is 4.90 Å². The molecule has 2 heterocycles. The number of halogens is 1. The van der Waals surface area contributed by atoms with E-state index in [-0.39, 0.29) is 11.7 Å². The Kier molecular flexibility index (Phi) is 5.60. The number of nitrogens with one attached hydrogen (secondary N) is 1. The number of carbonyl (C=O) groups is 1. The molecular formula is C19H22BrN3O2. The maximum Gasteiger partial charge on any atom is 0.291 e. The topological polar surface area (TPSA) is 48.7 Å². The number of hydrogen-bond acceptors (Lipinski definition) is 4. The molecule has 1 fully saturated rings. The summed E-state index contributed by atoms with van der Waals surface area (Å²) in [6, 6.07) is 9.34. The minimum Gasteiger partial charge on any atom is -0.444 e. The molecule has 1 aromatic carbocycles. The summed E-state index contributed by atoms with van der Waals surface area (Å²) < 4.78 is 5.89. The molecule has 1 aliphatic heterocycles. The molecule has 1 amide bonds. The van der Waals surface area contributed by atoms with Gasteiger partial charge in [0.25, 0.3) is 5.91 Å². The van der Waals surface area contributed by atoms with Gasteiger partial charge in [-0.2, -0.15) is 0 Å². The molecule has 5 nitrogen and oxygen atoms in total. The van der Waals surface area contributed by atoms with Crippen LogP contribution in [0.15, 0.2) is 52.1 Å². The summed E-state index contributed by atoms with van der Waals surface area (Å²) in [4.78, 5) is 17.2. The molecule has 1 aromatic heterocycles. The Bertz CT molecular complexity index is 764. The fraction of sp³-hybridized carbons (Fsp3) is 0.316. The van der Waals surface area contributed by atoms with Gasteiger partial charge in [0.15, 0.2) is 10.4 Å². The molecule has 0 radical (unpaired) electrons. The van der Waals surface area contributed by atoms with Gasteiger partial charge in [-0.25, -0.2) is 0 Å². The summed E-state index contributed by atoms with van der Waals surface area (Å²) in [5.74, 6) is 0.0398.